The molecule has 1 heterocycles. The molecule has 0 spiro atoms. The van der Waals surface area contributed by atoms with Crippen LogP contribution in [0.15, 0.2) is 18.5 Å². The second kappa shape index (κ2) is 3.64. The smallest absolute Gasteiger partial charge is 0.387 e. The molecule has 0 bridgehead atoms. The average molecular weight is 212 g/mol. The lowest BCUT2D eigenvalue weighted by atomic mass is 10.2. The van der Waals surface area contributed by atoms with Gasteiger partial charge in [-0.05, 0) is 12.1 Å². The van der Waals surface area contributed by atoms with Gasteiger partial charge >= 0.3 is 6.61 Å². The highest BCUT2D eigenvalue weighted by atomic mass is 19.3. The summed E-state index contributed by atoms with van der Waals surface area (Å²) in [6, 6.07) is 2.73. The van der Waals surface area contributed by atoms with Crippen LogP contribution in [0, 0.1) is 0 Å². The van der Waals surface area contributed by atoms with Crippen LogP contribution in [0.1, 0.15) is 10.4 Å². The molecule has 15 heavy (non-hydrogen) atoms. The first-order valence-corrected chi connectivity index (χ1v) is 4.08. The maximum atomic E-state index is 12.0. The number of benzene rings is 1. The molecule has 0 aliphatic heterocycles. The Hall–Kier alpha value is -1.98. The first-order valence-electron chi connectivity index (χ1n) is 4.08. The summed E-state index contributed by atoms with van der Waals surface area (Å²) in [5, 5.41) is 0. The van der Waals surface area contributed by atoms with Gasteiger partial charge in [0.25, 0.3) is 0 Å². The second-order valence-electron chi connectivity index (χ2n) is 2.81. The number of H-pyrrole nitrogens is 1. The SMILES string of the molecule is O=Cc1cc(OC(F)F)c2nc[nH]c2c1. The molecule has 1 aromatic carbocycles. The van der Waals surface area contributed by atoms with Gasteiger partial charge in [-0.3, -0.25) is 4.79 Å². The number of rotatable bonds is 3. The molecule has 0 atom stereocenters. The van der Waals surface area contributed by atoms with Gasteiger partial charge in [-0.2, -0.15) is 8.78 Å². The molecule has 1 N–H and O–H groups in total. The third-order valence-electron chi connectivity index (χ3n) is 1.86. The fourth-order valence-corrected chi connectivity index (χ4v) is 1.29. The van der Waals surface area contributed by atoms with Gasteiger partial charge in [0.15, 0.2) is 5.75 Å². The zero-order valence-electron chi connectivity index (χ0n) is 7.41. The van der Waals surface area contributed by atoms with Gasteiger partial charge in [0.2, 0.25) is 0 Å². The molecule has 0 unspecified atom stereocenters. The zero-order valence-corrected chi connectivity index (χ0v) is 7.41. The highest BCUT2D eigenvalue weighted by Gasteiger charge is 2.11. The predicted octanol–water partition coefficient (Wildman–Crippen LogP) is 1.98. The minimum absolute atomic E-state index is 0.106. The number of nitrogens with zero attached hydrogens (tertiary/aromatic N) is 1. The number of halogens is 2. The van der Waals surface area contributed by atoms with Crippen molar-refractivity contribution in [3.8, 4) is 5.75 Å². The molecule has 0 amide bonds. The highest BCUT2D eigenvalue weighted by molar-refractivity contribution is 5.89. The zero-order chi connectivity index (χ0) is 10.8. The monoisotopic (exact) mass is 212 g/mol. The van der Waals surface area contributed by atoms with E-state index in [9.17, 15) is 13.6 Å². The third kappa shape index (κ3) is 1.78. The standard InChI is InChI=1S/C9H6F2N2O2/c10-9(11)15-7-2-5(3-14)1-6-8(7)13-4-12-6/h1-4,9H,(H,12,13). The Bertz CT molecular complexity index is 496. The van der Waals surface area contributed by atoms with E-state index in [4.69, 9.17) is 0 Å². The van der Waals surface area contributed by atoms with Gasteiger partial charge in [-0.1, -0.05) is 0 Å². The van der Waals surface area contributed by atoms with Gasteiger partial charge in [-0.25, -0.2) is 4.98 Å². The van der Waals surface area contributed by atoms with Gasteiger partial charge < -0.3 is 9.72 Å². The van der Waals surface area contributed by atoms with Crippen molar-refractivity contribution < 1.29 is 18.3 Å². The van der Waals surface area contributed by atoms with Crippen LogP contribution < -0.4 is 4.74 Å². The van der Waals surface area contributed by atoms with E-state index >= 15 is 0 Å². The van der Waals surface area contributed by atoms with Crippen molar-refractivity contribution in [1.82, 2.24) is 9.97 Å². The van der Waals surface area contributed by atoms with Crippen LogP contribution in [0.4, 0.5) is 8.78 Å². The van der Waals surface area contributed by atoms with Crippen LogP contribution in [0.3, 0.4) is 0 Å². The lowest BCUT2D eigenvalue weighted by Crippen LogP contribution is -2.03. The Balaban J connectivity index is 2.57. The minimum Gasteiger partial charge on any atom is -0.432 e. The van der Waals surface area contributed by atoms with E-state index in [1.54, 1.807) is 0 Å². The summed E-state index contributed by atoms with van der Waals surface area (Å²) in [5.41, 5.74) is 1.01. The van der Waals surface area contributed by atoms with E-state index in [0.717, 1.165) is 0 Å². The molecule has 0 aliphatic rings. The number of aldehydes is 1. The molecule has 0 aliphatic carbocycles. The van der Waals surface area contributed by atoms with E-state index in [1.807, 2.05) is 0 Å². The topological polar surface area (TPSA) is 55.0 Å². The largest absolute Gasteiger partial charge is 0.432 e. The Morgan fingerprint density at radius 1 is 1.47 bits per heavy atom. The van der Waals surface area contributed by atoms with Crippen LogP contribution in [-0.4, -0.2) is 22.9 Å². The van der Waals surface area contributed by atoms with E-state index in [0.29, 0.717) is 11.8 Å². The summed E-state index contributed by atoms with van der Waals surface area (Å²) >= 11 is 0. The Labute approximate surface area is 82.9 Å². The number of ether oxygens (including phenoxy) is 1. The molecule has 6 heteroatoms. The quantitative estimate of drug-likeness (QED) is 0.791. The first kappa shape index (κ1) is 9.57. The van der Waals surface area contributed by atoms with Crippen LogP contribution in [0.2, 0.25) is 0 Å². The number of carbonyl (C=O) groups excluding carboxylic acids is 1. The lowest BCUT2D eigenvalue weighted by molar-refractivity contribution is -0.0489. The number of imidazole rings is 1. The number of hydrogen-bond donors (Lipinski definition) is 1. The summed E-state index contributed by atoms with van der Waals surface area (Å²) < 4.78 is 28.3. The van der Waals surface area contributed by atoms with Crippen LogP contribution in [0.25, 0.3) is 11.0 Å². The summed E-state index contributed by atoms with van der Waals surface area (Å²) in [4.78, 5) is 17.1. The van der Waals surface area contributed by atoms with Gasteiger partial charge in [0, 0.05) is 5.56 Å². The molecule has 0 fully saturated rings. The number of aromatic amines is 1. The number of fused-ring (bicyclic) bond motifs is 1. The normalized spacial score (nSPS) is 10.9. The van der Waals surface area contributed by atoms with E-state index in [1.165, 1.54) is 18.5 Å². The molecular weight excluding hydrogens is 206 g/mol. The molecule has 2 aromatic rings. The van der Waals surface area contributed by atoms with Crippen LogP contribution in [-0.2, 0) is 0 Å². The van der Waals surface area contributed by atoms with Crippen molar-refractivity contribution in [2.24, 2.45) is 0 Å². The van der Waals surface area contributed by atoms with Crippen LogP contribution >= 0.6 is 0 Å². The number of hydrogen-bond acceptors (Lipinski definition) is 3. The Kier molecular flexibility index (Phi) is 2.32. The Morgan fingerprint density at radius 2 is 2.27 bits per heavy atom. The molecule has 0 saturated heterocycles. The van der Waals surface area contributed by atoms with E-state index < -0.39 is 6.61 Å². The van der Waals surface area contributed by atoms with Crippen molar-refractivity contribution >= 4 is 17.3 Å². The minimum atomic E-state index is -2.94. The van der Waals surface area contributed by atoms with Crippen molar-refractivity contribution in [1.29, 1.82) is 0 Å². The lowest BCUT2D eigenvalue weighted by Gasteiger charge is -2.05. The average Bonchev–Trinajstić information content (AvgIpc) is 2.64. The summed E-state index contributed by atoms with van der Waals surface area (Å²) in [5.74, 6) is -0.106. The number of carbonyl (C=O) groups is 1. The van der Waals surface area contributed by atoms with E-state index in [-0.39, 0.29) is 16.8 Å². The molecular formula is C9H6F2N2O2. The highest BCUT2D eigenvalue weighted by Crippen LogP contribution is 2.25. The van der Waals surface area contributed by atoms with Gasteiger partial charge in [0.05, 0.1) is 11.8 Å². The Morgan fingerprint density at radius 3 is 2.93 bits per heavy atom. The second-order valence-corrected chi connectivity index (χ2v) is 2.81. The fourth-order valence-electron chi connectivity index (χ4n) is 1.29. The summed E-state index contributed by atoms with van der Waals surface area (Å²) in [7, 11) is 0. The van der Waals surface area contributed by atoms with Crippen molar-refractivity contribution in [2.75, 3.05) is 0 Å². The van der Waals surface area contributed by atoms with Crippen molar-refractivity contribution in [3.05, 3.63) is 24.0 Å². The predicted molar refractivity (Wildman–Crippen MR) is 48.1 cm³/mol. The summed E-state index contributed by atoms with van der Waals surface area (Å²) in [6.07, 6.45) is 1.90. The maximum Gasteiger partial charge on any atom is 0.387 e. The number of aromatic nitrogens is 2. The summed E-state index contributed by atoms with van der Waals surface area (Å²) in [6.45, 7) is -2.94. The first-order chi connectivity index (χ1) is 7.20. The molecule has 1 aromatic heterocycles. The van der Waals surface area contributed by atoms with Gasteiger partial charge in [-0.15, -0.1) is 0 Å². The number of alkyl halides is 2. The molecule has 2 rings (SSSR count). The van der Waals surface area contributed by atoms with Crippen molar-refractivity contribution in [2.45, 2.75) is 6.61 Å². The van der Waals surface area contributed by atoms with Crippen molar-refractivity contribution in [3.63, 3.8) is 0 Å². The molecule has 4 nitrogen and oxygen atoms in total. The van der Waals surface area contributed by atoms with Gasteiger partial charge in [0.1, 0.15) is 11.8 Å². The number of nitrogens with one attached hydrogen (secondary N) is 1. The molecule has 0 radical (unpaired) electrons. The molecule has 78 valence electrons. The maximum absolute atomic E-state index is 12.0. The molecule has 0 saturated carbocycles. The van der Waals surface area contributed by atoms with E-state index in [2.05, 4.69) is 14.7 Å². The third-order valence-corrected chi connectivity index (χ3v) is 1.86. The fraction of sp³-hybridized carbons (Fsp3) is 0.111. The van der Waals surface area contributed by atoms with Crippen LogP contribution in [0.5, 0.6) is 5.75 Å².